The molecule has 1 unspecified atom stereocenters. The second kappa shape index (κ2) is 9.21. The van der Waals surface area contributed by atoms with E-state index in [1.807, 2.05) is 32.0 Å². The minimum Gasteiger partial charge on any atom is -0.354 e. The maximum absolute atomic E-state index is 13.2. The number of ether oxygens (including phenoxy) is 2. The summed E-state index contributed by atoms with van der Waals surface area (Å²) < 4.78 is 39.7. The van der Waals surface area contributed by atoms with Gasteiger partial charge in [-0.2, -0.15) is 4.72 Å². The molecular weight excluding hydrogens is 392 g/mol. The predicted octanol–water partition coefficient (Wildman–Crippen LogP) is 2.41. The molecule has 1 heterocycles. The van der Waals surface area contributed by atoms with E-state index >= 15 is 0 Å². The average molecular weight is 421 g/mol. The van der Waals surface area contributed by atoms with Gasteiger partial charge in [0.1, 0.15) is 6.04 Å². The molecule has 0 bridgehead atoms. The number of benzene rings is 2. The summed E-state index contributed by atoms with van der Waals surface area (Å²) in [5, 5.41) is 4.34. The smallest absolute Gasteiger partial charge is 0.241 e. The number of sulfonamides is 1. The molecule has 0 radical (unpaired) electrons. The fourth-order valence-electron chi connectivity index (χ4n) is 3.53. The van der Waals surface area contributed by atoms with Crippen molar-refractivity contribution in [3.63, 3.8) is 0 Å². The maximum Gasteiger partial charge on any atom is 0.241 e. The molecule has 2 aromatic carbocycles. The molecule has 158 valence electrons. The van der Waals surface area contributed by atoms with E-state index in [1.165, 1.54) is 7.11 Å². The molecule has 1 saturated heterocycles. The Morgan fingerprint density at radius 2 is 1.97 bits per heavy atom. The minimum atomic E-state index is -3.91. The lowest BCUT2D eigenvalue weighted by atomic mass is 9.99. The highest BCUT2D eigenvalue weighted by atomic mass is 32.2. The Balaban J connectivity index is 1.86. The fourth-order valence-corrected chi connectivity index (χ4v) is 5.07. The Hall–Kier alpha value is -2.00. The van der Waals surface area contributed by atoms with Crippen LogP contribution in [-0.4, -0.2) is 46.4 Å². The Morgan fingerprint density at radius 1 is 1.24 bits per heavy atom. The highest BCUT2D eigenvalue weighted by molar-refractivity contribution is 7.89. The lowest BCUT2D eigenvalue weighted by Gasteiger charge is -2.26. The first-order valence-corrected chi connectivity index (χ1v) is 11.3. The zero-order chi connectivity index (χ0) is 21.0. The third-order valence-corrected chi connectivity index (χ3v) is 6.92. The summed E-state index contributed by atoms with van der Waals surface area (Å²) in [6.07, 6.45) is 0.740. The number of fused-ring (bicyclic) bond motifs is 1. The van der Waals surface area contributed by atoms with Gasteiger partial charge in [-0.25, -0.2) is 8.42 Å². The quantitative estimate of drug-likeness (QED) is 0.684. The van der Waals surface area contributed by atoms with Gasteiger partial charge in [0.05, 0.1) is 17.5 Å². The molecule has 0 spiro atoms. The highest BCUT2D eigenvalue weighted by Gasteiger charge is 2.35. The van der Waals surface area contributed by atoms with E-state index in [0.717, 1.165) is 5.39 Å². The average Bonchev–Trinajstić information content (AvgIpc) is 3.18. The number of carbonyl (C=O) groups is 1. The normalized spacial score (nSPS) is 21.8. The van der Waals surface area contributed by atoms with Crippen LogP contribution in [0.15, 0.2) is 47.4 Å². The van der Waals surface area contributed by atoms with Gasteiger partial charge in [0, 0.05) is 12.5 Å². The van der Waals surface area contributed by atoms with Crippen molar-refractivity contribution in [3.05, 3.63) is 42.5 Å². The Labute approximate surface area is 171 Å². The van der Waals surface area contributed by atoms with Crippen molar-refractivity contribution in [1.29, 1.82) is 0 Å². The molecule has 2 N–H and O–H groups in total. The third-order valence-electron chi connectivity index (χ3n) is 5.42. The van der Waals surface area contributed by atoms with Crippen molar-refractivity contribution in [2.75, 3.05) is 13.7 Å². The number of nitrogens with one attached hydrogen (secondary N) is 2. The first-order chi connectivity index (χ1) is 13.9. The van der Waals surface area contributed by atoms with Crippen LogP contribution in [0, 0.1) is 5.92 Å². The van der Waals surface area contributed by atoms with Crippen LogP contribution in [0.3, 0.4) is 0 Å². The molecule has 0 aliphatic carbocycles. The number of rotatable bonds is 8. The SMILES string of the molecule is CC[C@H](C)[C@H](NS(=O)(=O)c1cccc2ccccc12)C(=O)N[C@H]1CCOC1OC. The number of hydrogen-bond acceptors (Lipinski definition) is 5. The monoisotopic (exact) mass is 420 g/mol. The van der Waals surface area contributed by atoms with Gasteiger partial charge in [0.2, 0.25) is 15.9 Å². The van der Waals surface area contributed by atoms with Crippen LogP contribution in [0.1, 0.15) is 26.7 Å². The number of methoxy groups -OCH3 is 1. The van der Waals surface area contributed by atoms with Crippen LogP contribution in [0.5, 0.6) is 0 Å². The number of hydrogen-bond donors (Lipinski definition) is 2. The molecule has 0 aromatic heterocycles. The molecule has 1 aliphatic rings. The predicted molar refractivity (Wildman–Crippen MR) is 111 cm³/mol. The van der Waals surface area contributed by atoms with Crippen LogP contribution in [0.2, 0.25) is 0 Å². The molecule has 3 rings (SSSR count). The standard InChI is InChI=1S/C21H28N2O5S/c1-4-14(2)19(20(24)22-17-12-13-28-21(17)27-3)23-29(25,26)18-11-7-9-15-8-5-6-10-16(15)18/h5-11,14,17,19,21,23H,4,12-13H2,1-3H3,(H,22,24)/t14-,17-,19-,21?/m0/s1. The molecule has 1 fully saturated rings. The summed E-state index contributed by atoms with van der Waals surface area (Å²) in [6.45, 7) is 4.27. The van der Waals surface area contributed by atoms with E-state index in [2.05, 4.69) is 10.0 Å². The Morgan fingerprint density at radius 3 is 2.69 bits per heavy atom. The molecule has 1 amide bonds. The summed E-state index contributed by atoms with van der Waals surface area (Å²) in [6, 6.07) is 11.2. The van der Waals surface area contributed by atoms with Gasteiger partial charge in [-0.1, -0.05) is 56.7 Å². The Bertz CT molecular complexity index is 957. The number of carbonyl (C=O) groups excluding carboxylic acids is 1. The van der Waals surface area contributed by atoms with Crippen molar-refractivity contribution in [2.45, 2.75) is 50.0 Å². The van der Waals surface area contributed by atoms with Gasteiger partial charge >= 0.3 is 0 Å². The Kier molecular flexibility index (Phi) is 6.89. The first kappa shape index (κ1) is 21.7. The summed E-state index contributed by atoms with van der Waals surface area (Å²) >= 11 is 0. The fraction of sp³-hybridized carbons (Fsp3) is 0.476. The second-order valence-electron chi connectivity index (χ2n) is 7.34. The maximum atomic E-state index is 13.2. The molecule has 7 nitrogen and oxygen atoms in total. The molecule has 2 aromatic rings. The molecule has 4 atom stereocenters. The summed E-state index contributed by atoms with van der Waals surface area (Å²) in [5.41, 5.74) is 0. The van der Waals surface area contributed by atoms with Gasteiger partial charge in [-0.3, -0.25) is 4.79 Å². The zero-order valence-corrected chi connectivity index (χ0v) is 17.7. The van der Waals surface area contributed by atoms with Crippen LogP contribution < -0.4 is 10.0 Å². The highest BCUT2D eigenvalue weighted by Crippen LogP contribution is 2.24. The molecule has 8 heteroatoms. The van der Waals surface area contributed by atoms with Crippen LogP contribution in [0.4, 0.5) is 0 Å². The van der Waals surface area contributed by atoms with Crippen LogP contribution in [0.25, 0.3) is 10.8 Å². The van der Waals surface area contributed by atoms with E-state index in [4.69, 9.17) is 9.47 Å². The van der Waals surface area contributed by atoms with Gasteiger partial charge in [-0.15, -0.1) is 0 Å². The molecule has 29 heavy (non-hydrogen) atoms. The van der Waals surface area contributed by atoms with Crippen molar-refractivity contribution in [1.82, 2.24) is 10.0 Å². The third kappa shape index (κ3) is 4.78. The molecule has 1 aliphatic heterocycles. The molecule has 0 saturated carbocycles. The second-order valence-corrected chi connectivity index (χ2v) is 9.02. The van der Waals surface area contributed by atoms with E-state index in [-0.39, 0.29) is 22.8 Å². The van der Waals surface area contributed by atoms with E-state index in [1.54, 1.807) is 24.3 Å². The van der Waals surface area contributed by atoms with Crippen LogP contribution >= 0.6 is 0 Å². The van der Waals surface area contributed by atoms with Gasteiger partial charge < -0.3 is 14.8 Å². The van der Waals surface area contributed by atoms with Crippen LogP contribution in [-0.2, 0) is 24.3 Å². The lowest BCUT2D eigenvalue weighted by Crippen LogP contribution is -2.54. The lowest BCUT2D eigenvalue weighted by molar-refractivity contribution is -0.130. The van der Waals surface area contributed by atoms with Gasteiger partial charge in [0.15, 0.2) is 6.29 Å². The van der Waals surface area contributed by atoms with Gasteiger partial charge in [-0.05, 0) is 23.8 Å². The zero-order valence-electron chi connectivity index (χ0n) is 16.9. The van der Waals surface area contributed by atoms with Crippen molar-refractivity contribution < 1.29 is 22.7 Å². The topological polar surface area (TPSA) is 93.7 Å². The number of amides is 1. The van der Waals surface area contributed by atoms with Crippen molar-refractivity contribution in [2.24, 2.45) is 5.92 Å². The van der Waals surface area contributed by atoms with E-state index in [0.29, 0.717) is 24.8 Å². The van der Waals surface area contributed by atoms with Crippen molar-refractivity contribution >= 4 is 26.7 Å². The summed E-state index contributed by atoms with van der Waals surface area (Å²) in [4.78, 5) is 13.1. The van der Waals surface area contributed by atoms with E-state index in [9.17, 15) is 13.2 Å². The first-order valence-electron chi connectivity index (χ1n) is 9.82. The van der Waals surface area contributed by atoms with Gasteiger partial charge in [0.25, 0.3) is 0 Å². The largest absolute Gasteiger partial charge is 0.354 e. The van der Waals surface area contributed by atoms with E-state index < -0.39 is 22.4 Å². The molecular formula is C21H28N2O5S. The minimum absolute atomic E-state index is 0.163. The van der Waals surface area contributed by atoms with Crippen molar-refractivity contribution in [3.8, 4) is 0 Å². The summed E-state index contributed by atoms with van der Waals surface area (Å²) in [7, 11) is -2.39. The summed E-state index contributed by atoms with van der Waals surface area (Å²) in [5.74, 6) is -0.566.